The normalized spacial score (nSPS) is 34.2. The molecule has 2 N–H and O–H groups in total. The van der Waals surface area contributed by atoms with Gasteiger partial charge < -0.3 is 14.9 Å². The highest BCUT2D eigenvalue weighted by molar-refractivity contribution is 5.66. The van der Waals surface area contributed by atoms with Crippen LogP contribution in [-0.4, -0.2) is 34.5 Å². The van der Waals surface area contributed by atoms with Crippen LogP contribution in [-0.2, 0) is 9.53 Å². The second-order valence-corrected chi connectivity index (χ2v) is 6.37. The molecular weight excluding hydrogens is 280 g/mol. The van der Waals surface area contributed by atoms with Crippen molar-refractivity contribution < 1.29 is 19.7 Å². The number of carbonyl (C=O) groups is 1. The van der Waals surface area contributed by atoms with E-state index in [1.165, 1.54) is 0 Å². The van der Waals surface area contributed by atoms with Crippen molar-refractivity contribution in [1.82, 2.24) is 0 Å². The van der Waals surface area contributed by atoms with Gasteiger partial charge in [0.25, 0.3) is 0 Å². The maximum atomic E-state index is 10.4. The zero-order valence-corrected chi connectivity index (χ0v) is 13.4. The van der Waals surface area contributed by atoms with Crippen molar-refractivity contribution >= 4 is 5.97 Å². The van der Waals surface area contributed by atoms with Gasteiger partial charge in [-0.2, -0.15) is 0 Å². The molecule has 22 heavy (non-hydrogen) atoms. The SMILES string of the molecule is CC/C=C\C[C@@H]1O[C@H]2[C@H](/C=C\CCCCC(=O)O)[C@@H]1C[C@@H]2O. The van der Waals surface area contributed by atoms with Gasteiger partial charge in [-0.15, -0.1) is 0 Å². The van der Waals surface area contributed by atoms with Crippen molar-refractivity contribution in [2.24, 2.45) is 11.8 Å². The number of hydrogen-bond donors (Lipinski definition) is 2. The summed E-state index contributed by atoms with van der Waals surface area (Å²) < 4.78 is 6.01. The third-order valence-electron chi connectivity index (χ3n) is 4.72. The first kappa shape index (κ1) is 17.2. The molecule has 0 spiro atoms. The van der Waals surface area contributed by atoms with Gasteiger partial charge in [0.15, 0.2) is 0 Å². The molecule has 2 bridgehead atoms. The summed E-state index contributed by atoms with van der Waals surface area (Å²) >= 11 is 0. The average molecular weight is 308 g/mol. The lowest BCUT2D eigenvalue weighted by molar-refractivity contribution is -0.137. The third-order valence-corrected chi connectivity index (χ3v) is 4.72. The van der Waals surface area contributed by atoms with E-state index in [2.05, 4.69) is 31.2 Å². The maximum absolute atomic E-state index is 10.4. The van der Waals surface area contributed by atoms with Crippen LogP contribution in [0.2, 0.25) is 0 Å². The number of aliphatic carboxylic acids is 1. The zero-order valence-electron chi connectivity index (χ0n) is 13.4. The smallest absolute Gasteiger partial charge is 0.303 e. The largest absolute Gasteiger partial charge is 0.481 e. The first-order valence-electron chi connectivity index (χ1n) is 8.50. The lowest BCUT2D eigenvalue weighted by Gasteiger charge is -2.24. The van der Waals surface area contributed by atoms with Crippen molar-refractivity contribution in [3.63, 3.8) is 0 Å². The molecule has 4 heteroatoms. The molecular formula is C18H28O4. The molecule has 1 heterocycles. The van der Waals surface area contributed by atoms with Gasteiger partial charge in [0, 0.05) is 12.3 Å². The molecule has 2 fully saturated rings. The van der Waals surface area contributed by atoms with Gasteiger partial charge in [0.2, 0.25) is 0 Å². The van der Waals surface area contributed by atoms with Crippen LogP contribution in [0.1, 0.15) is 51.9 Å². The van der Waals surface area contributed by atoms with Crippen molar-refractivity contribution in [1.29, 1.82) is 0 Å². The van der Waals surface area contributed by atoms with Gasteiger partial charge in [0.05, 0.1) is 18.3 Å². The van der Waals surface area contributed by atoms with E-state index in [0.717, 1.165) is 38.5 Å². The minimum absolute atomic E-state index is 0.0553. The fraction of sp³-hybridized carbons (Fsp3) is 0.722. The van der Waals surface area contributed by atoms with Crippen LogP contribution in [0.3, 0.4) is 0 Å². The molecule has 1 saturated heterocycles. The Morgan fingerprint density at radius 1 is 1.27 bits per heavy atom. The highest BCUT2D eigenvalue weighted by Crippen LogP contribution is 2.47. The summed E-state index contributed by atoms with van der Waals surface area (Å²) in [5.74, 6) is 0.00333. The standard InChI is InChI=1S/C18H28O4/c1-2-3-6-10-16-14-12-15(19)18(22-16)13(14)9-7-4-5-8-11-17(20)21/h3,6-7,9,13-16,18-19H,2,4-5,8,10-12H2,1H3,(H,20,21)/b6-3-,9-7-/t13-,14+,15+,16+,18+/m1/s1. The number of rotatable bonds is 9. The van der Waals surface area contributed by atoms with E-state index in [9.17, 15) is 9.90 Å². The summed E-state index contributed by atoms with van der Waals surface area (Å²) in [6, 6.07) is 0. The summed E-state index contributed by atoms with van der Waals surface area (Å²) in [7, 11) is 0. The van der Waals surface area contributed by atoms with E-state index in [4.69, 9.17) is 9.84 Å². The number of carboxylic acids is 1. The van der Waals surface area contributed by atoms with Crippen molar-refractivity contribution in [3.05, 3.63) is 24.3 Å². The predicted molar refractivity (Wildman–Crippen MR) is 85.6 cm³/mol. The fourth-order valence-electron chi connectivity index (χ4n) is 3.63. The van der Waals surface area contributed by atoms with Crippen LogP contribution in [0.4, 0.5) is 0 Å². The summed E-state index contributed by atoms with van der Waals surface area (Å²) in [6.07, 6.45) is 14.1. The number of aliphatic hydroxyl groups is 1. The topological polar surface area (TPSA) is 66.8 Å². The summed E-state index contributed by atoms with van der Waals surface area (Å²) in [5, 5.41) is 18.6. The van der Waals surface area contributed by atoms with Gasteiger partial charge in [-0.1, -0.05) is 31.2 Å². The van der Waals surface area contributed by atoms with Gasteiger partial charge in [-0.25, -0.2) is 0 Å². The number of unbranched alkanes of at least 4 members (excludes halogenated alkanes) is 2. The van der Waals surface area contributed by atoms with E-state index >= 15 is 0 Å². The van der Waals surface area contributed by atoms with Crippen LogP contribution in [0.15, 0.2) is 24.3 Å². The Morgan fingerprint density at radius 3 is 2.82 bits per heavy atom. The van der Waals surface area contributed by atoms with Gasteiger partial charge in [-0.05, 0) is 44.4 Å². The van der Waals surface area contributed by atoms with Crippen LogP contribution in [0.25, 0.3) is 0 Å². The van der Waals surface area contributed by atoms with Gasteiger partial charge in [-0.3, -0.25) is 4.79 Å². The van der Waals surface area contributed by atoms with E-state index in [1.54, 1.807) is 0 Å². The summed E-state index contributed by atoms with van der Waals surface area (Å²) in [5.41, 5.74) is 0. The third kappa shape index (κ3) is 4.43. The van der Waals surface area contributed by atoms with Crippen LogP contribution in [0.5, 0.6) is 0 Å². The van der Waals surface area contributed by atoms with E-state index in [-0.39, 0.29) is 24.7 Å². The molecule has 2 aliphatic rings. The lowest BCUT2D eigenvalue weighted by atomic mass is 9.90. The first-order chi connectivity index (χ1) is 10.6. The predicted octanol–water partition coefficient (Wildman–Crippen LogP) is 3.31. The lowest BCUT2D eigenvalue weighted by Crippen LogP contribution is -2.30. The summed E-state index contributed by atoms with van der Waals surface area (Å²) in [6.45, 7) is 2.12. The Balaban J connectivity index is 1.78. The molecule has 0 radical (unpaired) electrons. The Labute approximate surface area is 132 Å². The molecule has 0 amide bonds. The van der Waals surface area contributed by atoms with Gasteiger partial charge in [0.1, 0.15) is 0 Å². The molecule has 0 unspecified atom stereocenters. The van der Waals surface area contributed by atoms with E-state index in [0.29, 0.717) is 11.8 Å². The molecule has 0 aromatic heterocycles. The Hall–Kier alpha value is -1.13. The number of ether oxygens (including phenoxy) is 1. The number of aliphatic hydroxyl groups excluding tert-OH is 1. The molecule has 2 rings (SSSR count). The maximum Gasteiger partial charge on any atom is 0.303 e. The second-order valence-electron chi connectivity index (χ2n) is 6.37. The van der Waals surface area contributed by atoms with Crippen LogP contribution >= 0.6 is 0 Å². The highest BCUT2D eigenvalue weighted by Gasteiger charge is 2.52. The van der Waals surface area contributed by atoms with Crippen LogP contribution in [0, 0.1) is 11.8 Å². The minimum atomic E-state index is -0.725. The zero-order chi connectivity index (χ0) is 15.9. The molecule has 1 aliphatic heterocycles. The first-order valence-corrected chi connectivity index (χ1v) is 8.50. The number of allylic oxidation sites excluding steroid dienone is 2. The fourth-order valence-corrected chi connectivity index (χ4v) is 3.63. The van der Waals surface area contributed by atoms with Gasteiger partial charge >= 0.3 is 5.97 Å². The molecule has 1 saturated carbocycles. The monoisotopic (exact) mass is 308 g/mol. The molecule has 4 nitrogen and oxygen atoms in total. The Morgan fingerprint density at radius 2 is 2.09 bits per heavy atom. The van der Waals surface area contributed by atoms with E-state index < -0.39 is 5.97 Å². The molecule has 124 valence electrons. The Kier molecular flexibility index (Phi) is 6.65. The molecule has 1 aliphatic carbocycles. The molecule has 0 aromatic rings. The quantitative estimate of drug-likeness (QED) is 0.506. The molecule has 5 atom stereocenters. The Bertz CT molecular complexity index is 415. The minimum Gasteiger partial charge on any atom is -0.481 e. The average Bonchev–Trinajstić information content (AvgIpc) is 2.96. The van der Waals surface area contributed by atoms with Crippen molar-refractivity contribution in [2.75, 3.05) is 0 Å². The number of carboxylic acid groups (broad SMARTS) is 1. The van der Waals surface area contributed by atoms with Crippen molar-refractivity contribution in [3.8, 4) is 0 Å². The number of hydrogen-bond acceptors (Lipinski definition) is 3. The van der Waals surface area contributed by atoms with Crippen molar-refractivity contribution in [2.45, 2.75) is 70.2 Å². The second kappa shape index (κ2) is 8.49. The van der Waals surface area contributed by atoms with E-state index in [1.807, 2.05) is 0 Å². The van der Waals surface area contributed by atoms with Crippen LogP contribution < -0.4 is 0 Å². The number of fused-ring (bicyclic) bond motifs is 2. The summed E-state index contributed by atoms with van der Waals surface area (Å²) in [4.78, 5) is 10.4. The highest BCUT2D eigenvalue weighted by atomic mass is 16.5. The molecule has 0 aromatic carbocycles.